The highest BCUT2D eigenvalue weighted by molar-refractivity contribution is 6.87. The molecule has 0 heterocycles. The number of rotatable bonds is 9. The summed E-state index contributed by atoms with van der Waals surface area (Å²) in [5, 5.41) is 0. The molecule has 0 aliphatic rings. The first-order chi connectivity index (χ1) is 8.24. The maximum atomic E-state index is 3.67. The van der Waals surface area contributed by atoms with Crippen molar-refractivity contribution in [2.75, 3.05) is 0 Å². The van der Waals surface area contributed by atoms with Crippen molar-refractivity contribution in [3.8, 4) is 11.5 Å². The van der Waals surface area contributed by atoms with Gasteiger partial charge in [0, 0.05) is 6.42 Å². The van der Waals surface area contributed by atoms with Crippen LogP contribution in [0.3, 0.4) is 0 Å². The van der Waals surface area contributed by atoms with Crippen LogP contribution in [-0.4, -0.2) is 8.07 Å². The number of hydrogen-bond acceptors (Lipinski definition) is 0. The molecule has 0 radical (unpaired) electrons. The van der Waals surface area contributed by atoms with Crippen LogP contribution in [0.5, 0.6) is 0 Å². The first-order valence-electron chi connectivity index (χ1n) is 7.74. The molecule has 0 unspecified atom stereocenters. The summed E-state index contributed by atoms with van der Waals surface area (Å²) in [6.07, 6.45) is 9.42. The van der Waals surface area contributed by atoms with Gasteiger partial charge in [-0.3, -0.25) is 0 Å². The lowest BCUT2D eigenvalue weighted by molar-refractivity contribution is 0.614. The number of unbranched alkanes of at least 4 members (excludes halogenated alkanes) is 6. The van der Waals surface area contributed by atoms with E-state index < -0.39 is 8.07 Å². The molecule has 0 atom stereocenters. The summed E-state index contributed by atoms with van der Waals surface area (Å²) in [7, 11) is -1.16. The Hall–Kier alpha value is -0.223. The molecule has 0 saturated carbocycles. The molecule has 0 N–H and O–H groups in total. The highest BCUT2D eigenvalue weighted by Crippen LogP contribution is 2.18. The van der Waals surface area contributed by atoms with Gasteiger partial charge in [0.25, 0.3) is 0 Å². The molecule has 0 fully saturated rings. The Labute approximate surface area is 111 Å². The SMILES string of the molecule is CCCCCCCCC#C[Si](CC)(CC)CC. The molecule has 0 aromatic heterocycles. The molecule has 17 heavy (non-hydrogen) atoms. The van der Waals surface area contributed by atoms with Gasteiger partial charge in [-0.1, -0.05) is 59.8 Å². The second-order valence-electron chi connectivity index (χ2n) is 5.16. The molecular formula is C16H32Si. The van der Waals surface area contributed by atoms with E-state index in [1.165, 1.54) is 56.7 Å². The van der Waals surface area contributed by atoms with Crippen molar-refractivity contribution in [2.45, 2.75) is 90.8 Å². The van der Waals surface area contributed by atoms with Crippen LogP contribution in [0.15, 0.2) is 0 Å². The van der Waals surface area contributed by atoms with Gasteiger partial charge in [0.15, 0.2) is 0 Å². The van der Waals surface area contributed by atoms with E-state index in [1.54, 1.807) is 0 Å². The zero-order valence-corrected chi connectivity index (χ0v) is 13.6. The third kappa shape index (κ3) is 7.66. The molecule has 0 aromatic carbocycles. The topological polar surface area (TPSA) is 0 Å². The quantitative estimate of drug-likeness (QED) is 0.277. The van der Waals surface area contributed by atoms with E-state index in [2.05, 4.69) is 39.2 Å². The van der Waals surface area contributed by atoms with Gasteiger partial charge < -0.3 is 0 Å². The Kier molecular flexibility index (Phi) is 10.8. The summed E-state index contributed by atoms with van der Waals surface area (Å²) < 4.78 is 0. The fourth-order valence-electron chi connectivity index (χ4n) is 2.26. The average Bonchev–Trinajstić information content (AvgIpc) is 2.38. The van der Waals surface area contributed by atoms with Gasteiger partial charge in [0.1, 0.15) is 8.07 Å². The minimum atomic E-state index is -1.16. The third-order valence-electron chi connectivity index (χ3n) is 4.04. The lowest BCUT2D eigenvalue weighted by Crippen LogP contribution is -2.29. The van der Waals surface area contributed by atoms with Gasteiger partial charge in [-0.2, -0.15) is 0 Å². The molecule has 0 nitrogen and oxygen atoms in total. The van der Waals surface area contributed by atoms with Crippen molar-refractivity contribution in [2.24, 2.45) is 0 Å². The van der Waals surface area contributed by atoms with E-state index in [1.807, 2.05) is 0 Å². The summed E-state index contributed by atoms with van der Waals surface area (Å²) in [5.41, 5.74) is 3.67. The fraction of sp³-hybridized carbons (Fsp3) is 0.875. The smallest absolute Gasteiger partial charge is 0.131 e. The average molecular weight is 253 g/mol. The second kappa shape index (κ2) is 10.9. The van der Waals surface area contributed by atoms with Gasteiger partial charge in [0.05, 0.1) is 0 Å². The van der Waals surface area contributed by atoms with Gasteiger partial charge >= 0.3 is 0 Å². The van der Waals surface area contributed by atoms with Crippen LogP contribution in [0, 0.1) is 11.5 Å². The predicted molar refractivity (Wildman–Crippen MR) is 83.0 cm³/mol. The van der Waals surface area contributed by atoms with Crippen LogP contribution in [-0.2, 0) is 0 Å². The zero-order valence-electron chi connectivity index (χ0n) is 12.6. The molecule has 0 aliphatic heterocycles. The largest absolute Gasteiger partial charge is 0.137 e. The standard InChI is InChI=1S/C16H32Si/c1-5-9-10-11-12-13-14-15-16-17(6-2,7-3)8-4/h5-14H2,1-4H3. The first kappa shape index (κ1) is 16.8. The van der Waals surface area contributed by atoms with Crippen LogP contribution in [0.4, 0.5) is 0 Å². The second-order valence-corrected chi connectivity index (χ2v) is 10.1. The fourth-order valence-corrected chi connectivity index (χ4v) is 4.79. The Morgan fingerprint density at radius 1 is 0.706 bits per heavy atom. The van der Waals surface area contributed by atoms with Crippen molar-refractivity contribution in [1.29, 1.82) is 0 Å². The van der Waals surface area contributed by atoms with Crippen molar-refractivity contribution < 1.29 is 0 Å². The van der Waals surface area contributed by atoms with Crippen LogP contribution in [0.2, 0.25) is 18.1 Å². The van der Waals surface area contributed by atoms with Crippen molar-refractivity contribution in [1.82, 2.24) is 0 Å². The molecule has 1 heteroatoms. The summed E-state index contributed by atoms with van der Waals surface area (Å²) in [6, 6.07) is 4.01. The van der Waals surface area contributed by atoms with Crippen LogP contribution >= 0.6 is 0 Å². The molecule has 0 aromatic rings. The molecule has 0 saturated heterocycles. The maximum absolute atomic E-state index is 3.67. The molecule has 0 bridgehead atoms. The van der Waals surface area contributed by atoms with Crippen molar-refractivity contribution in [3.63, 3.8) is 0 Å². The Morgan fingerprint density at radius 3 is 1.76 bits per heavy atom. The summed E-state index contributed by atoms with van der Waals surface area (Å²) >= 11 is 0. The van der Waals surface area contributed by atoms with Crippen molar-refractivity contribution >= 4 is 8.07 Å². The predicted octanol–water partition coefficient (Wildman–Crippen LogP) is 5.79. The first-order valence-corrected chi connectivity index (χ1v) is 10.4. The molecule has 0 spiro atoms. The van der Waals surface area contributed by atoms with Gasteiger partial charge in [-0.25, -0.2) is 0 Å². The maximum Gasteiger partial charge on any atom is 0.137 e. The van der Waals surface area contributed by atoms with E-state index in [4.69, 9.17) is 0 Å². The van der Waals surface area contributed by atoms with E-state index in [0.717, 1.165) is 6.42 Å². The Morgan fingerprint density at radius 2 is 1.24 bits per heavy atom. The number of hydrogen-bond donors (Lipinski definition) is 0. The van der Waals surface area contributed by atoms with Crippen LogP contribution in [0.25, 0.3) is 0 Å². The van der Waals surface area contributed by atoms with E-state index in [9.17, 15) is 0 Å². The van der Waals surface area contributed by atoms with E-state index in [-0.39, 0.29) is 0 Å². The minimum absolute atomic E-state index is 1.14. The highest BCUT2D eigenvalue weighted by Gasteiger charge is 2.23. The van der Waals surface area contributed by atoms with Crippen LogP contribution < -0.4 is 0 Å². The lowest BCUT2D eigenvalue weighted by atomic mass is 10.1. The van der Waals surface area contributed by atoms with Gasteiger partial charge in [-0.05, 0) is 24.6 Å². The lowest BCUT2D eigenvalue weighted by Gasteiger charge is -2.20. The summed E-state index contributed by atoms with van der Waals surface area (Å²) in [6.45, 7) is 9.27. The summed E-state index contributed by atoms with van der Waals surface area (Å²) in [4.78, 5) is 0. The molecule has 0 amide bonds. The molecule has 0 rings (SSSR count). The monoisotopic (exact) mass is 252 g/mol. The highest BCUT2D eigenvalue weighted by atomic mass is 28.3. The Balaban J connectivity index is 3.72. The van der Waals surface area contributed by atoms with E-state index >= 15 is 0 Å². The Bertz CT molecular complexity index is 209. The van der Waals surface area contributed by atoms with Crippen molar-refractivity contribution in [3.05, 3.63) is 0 Å². The zero-order chi connectivity index (χ0) is 13.0. The molecule has 0 aliphatic carbocycles. The molecule has 100 valence electrons. The molecular weight excluding hydrogens is 220 g/mol. The normalized spacial score (nSPS) is 11.1. The minimum Gasteiger partial charge on any atom is -0.131 e. The summed E-state index contributed by atoms with van der Waals surface area (Å²) in [5.74, 6) is 3.48. The third-order valence-corrected chi connectivity index (χ3v) is 8.81. The van der Waals surface area contributed by atoms with Gasteiger partial charge in [0.2, 0.25) is 0 Å². The van der Waals surface area contributed by atoms with Gasteiger partial charge in [-0.15, -0.1) is 11.5 Å². The van der Waals surface area contributed by atoms with E-state index in [0.29, 0.717) is 0 Å². The van der Waals surface area contributed by atoms with Crippen LogP contribution in [0.1, 0.15) is 72.6 Å².